The Morgan fingerprint density at radius 3 is 1.95 bits per heavy atom. The predicted octanol–water partition coefficient (Wildman–Crippen LogP) is 1.64. The van der Waals surface area contributed by atoms with E-state index in [-0.39, 0.29) is 6.61 Å². The van der Waals surface area contributed by atoms with Crippen molar-refractivity contribution in [1.29, 1.82) is 0 Å². The number of methoxy groups -OCH3 is 1. The summed E-state index contributed by atoms with van der Waals surface area (Å²) in [5, 5.41) is 2.32. The van der Waals surface area contributed by atoms with Crippen LogP contribution in [0.25, 0.3) is 0 Å². The van der Waals surface area contributed by atoms with Gasteiger partial charge in [0.25, 0.3) is 0 Å². The quantitative estimate of drug-likeness (QED) is 0.627. The van der Waals surface area contributed by atoms with Gasteiger partial charge < -0.3 is 19.5 Å². The summed E-state index contributed by atoms with van der Waals surface area (Å²) in [7, 11) is 1.36. The molecule has 0 aliphatic heterocycles. The largest absolute Gasteiger partial charge is 0.444 e. The second-order valence-corrected chi connectivity index (χ2v) is 6.61. The molecule has 0 unspecified atom stereocenters. The molecule has 7 nitrogen and oxygen atoms in total. The zero-order valence-electron chi connectivity index (χ0n) is 13.7. The molecule has 0 rings (SSSR count). The van der Waals surface area contributed by atoms with Crippen molar-refractivity contribution in [3.8, 4) is 0 Å². The summed E-state index contributed by atoms with van der Waals surface area (Å²) in [6, 6.07) is -1.11. The Morgan fingerprint density at radius 2 is 1.57 bits per heavy atom. The third-order valence-corrected chi connectivity index (χ3v) is 2.11. The molecule has 0 spiro atoms. The second kappa shape index (κ2) is 7.40. The number of alkyl carbamates (subject to hydrolysis) is 1. The standard InChI is InChI=1S/C14H25NO6/c1-13(2,3)11(17)20-10(16)9(8-19-7)15-12(18)21-14(4,5)6/h9H,8H2,1-7H3,(H,15,18)/t9-/m0/s1. The third kappa shape index (κ3) is 8.29. The number of ether oxygens (including phenoxy) is 3. The molecule has 0 aromatic heterocycles. The van der Waals surface area contributed by atoms with Crippen molar-refractivity contribution >= 4 is 18.0 Å². The summed E-state index contributed by atoms with van der Waals surface area (Å²) in [6.07, 6.45) is -0.787. The van der Waals surface area contributed by atoms with E-state index >= 15 is 0 Å². The Morgan fingerprint density at radius 1 is 1.05 bits per heavy atom. The fraction of sp³-hybridized carbons (Fsp3) is 0.786. The highest BCUT2D eigenvalue weighted by atomic mass is 16.6. The van der Waals surface area contributed by atoms with Crippen LogP contribution in [0.4, 0.5) is 4.79 Å². The minimum atomic E-state index is -1.11. The number of amides is 1. The van der Waals surface area contributed by atoms with E-state index in [0.29, 0.717) is 0 Å². The van der Waals surface area contributed by atoms with Crippen molar-refractivity contribution in [3.05, 3.63) is 0 Å². The summed E-state index contributed by atoms with van der Waals surface area (Å²) in [5.41, 5.74) is -1.52. The van der Waals surface area contributed by atoms with E-state index in [1.54, 1.807) is 41.5 Å². The van der Waals surface area contributed by atoms with E-state index in [1.165, 1.54) is 7.11 Å². The first kappa shape index (κ1) is 19.4. The van der Waals surface area contributed by atoms with Crippen LogP contribution in [0.1, 0.15) is 41.5 Å². The lowest BCUT2D eigenvalue weighted by molar-refractivity contribution is -0.167. The van der Waals surface area contributed by atoms with Gasteiger partial charge in [0.05, 0.1) is 12.0 Å². The number of carbonyl (C=O) groups is 3. The molecule has 0 aromatic rings. The molecule has 122 valence electrons. The lowest BCUT2D eigenvalue weighted by atomic mass is 9.97. The molecular weight excluding hydrogens is 278 g/mol. The molecule has 1 atom stereocenters. The molecule has 0 saturated carbocycles. The van der Waals surface area contributed by atoms with E-state index in [0.717, 1.165) is 0 Å². The Kier molecular flexibility index (Phi) is 6.82. The highest BCUT2D eigenvalue weighted by Crippen LogP contribution is 2.15. The Labute approximate surface area is 125 Å². The van der Waals surface area contributed by atoms with Crippen LogP contribution in [0.5, 0.6) is 0 Å². The highest BCUT2D eigenvalue weighted by Gasteiger charge is 2.31. The van der Waals surface area contributed by atoms with E-state index in [4.69, 9.17) is 14.2 Å². The van der Waals surface area contributed by atoms with Crippen LogP contribution in [0.15, 0.2) is 0 Å². The SMILES string of the molecule is COC[C@H](NC(=O)OC(C)(C)C)C(=O)OC(=O)C(C)(C)C. The summed E-state index contributed by atoms with van der Waals surface area (Å²) >= 11 is 0. The maximum atomic E-state index is 11.9. The maximum absolute atomic E-state index is 11.9. The molecular formula is C14H25NO6. The number of rotatable bonds is 4. The summed E-state index contributed by atoms with van der Waals surface area (Å²) in [4.78, 5) is 35.2. The van der Waals surface area contributed by atoms with Crippen molar-refractivity contribution in [2.75, 3.05) is 13.7 Å². The average Bonchev–Trinajstić information content (AvgIpc) is 2.24. The highest BCUT2D eigenvalue weighted by molar-refractivity contribution is 5.92. The molecule has 0 aliphatic rings. The normalized spacial score (nSPS) is 13.3. The topological polar surface area (TPSA) is 90.9 Å². The van der Waals surface area contributed by atoms with Gasteiger partial charge in [0.1, 0.15) is 5.60 Å². The van der Waals surface area contributed by atoms with Gasteiger partial charge in [0, 0.05) is 7.11 Å². The average molecular weight is 303 g/mol. The fourth-order valence-corrected chi connectivity index (χ4v) is 1.10. The number of carbonyl (C=O) groups excluding carboxylic acids is 3. The fourth-order valence-electron chi connectivity index (χ4n) is 1.10. The van der Waals surface area contributed by atoms with Gasteiger partial charge in [-0.15, -0.1) is 0 Å². The van der Waals surface area contributed by atoms with Gasteiger partial charge in [-0.1, -0.05) is 0 Å². The molecule has 0 aromatic carbocycles. The van der Waals surface area contributed by atoms with E-state index < -0.39 is 35.1 Å². The molecule has 0 aliphatic carbocycles. The minimum Gasteiger partial charge on any atom is -0.444 e. The minimum absolute atomic E-state index is 0.129. The van der Waals surface area contributed by atoms with Crippen molar-refractivity contribution in [3.63, 3.8) is 0 Å². The molecule has 0 saturated heterocycles. The van der Waals surface area contributed by atoms with Crippen LogP contribution in [-0.4, -0.2) is 43.4 Å². The zero-order chi connectivity index (χ0) is 16.8. The molecule has 0 fully saturated rings. The third-order valence-electron chi connectivity index (χ3n) is 2.11. The van der Waals surface area contributed by atoms with Crippen LogP contribution in [0.3, 0.4) is 0 Å². The zero-order valence-corrected chi connectivity index (χ0v) is 13.7. The summed E-state index contributed by atoms with van der Waals surface area (Å²) in [5.74, 6) is -1.57. The van der Waals surface area contributed by atoms with E-state index in [1.807, 2.05) is 0 Å². The van der Waals surface area contributed by atoms with Gasteiger partial charge in [-0.2, -0.15) is 0 Å². The van der Waals surface area contributed by atoms with Gasteiger partial charge in [0.15, 0.2) is 6.04 Å². The first-order valence-corrected chi connectivity index (χ1v) is 6.61. The first-order valence-electron chi connectivity index (χ1n) is 6.61. The monoisotopic (exact) mass is 303 g/mol. The van der Waals surface area contributed by atoms with Gasteiger partial charge in [0.2, 0.25) is 0 Å². The number of hydrogen-bond acceptors (Lipinski definition) is 6. The number of hydrogen-bond donors (Lipinski definition) is 1. The van der Waals surface area contributed by atoms with Gasteiger partial charge in [-0.3, -0.25) is 4.79 Å². The first-order chi connectivity index (χ1) is 9.36. The van der Waals surface area contributed by atoms with E-state index in [9.17, 15) is 14.4 Å². The number of esters is 2. The predicted molar refractivity (Wildman–Crippen MR) is 75.6 cm³/mol. The van der Waals surface area contributed by atoms with Crippen molar-refractivity contribution < 1.29 is 28.6 Å². The summed E-state index contributed by atoms with van der Waals surface area (Å²) < 4.78 is 14.6. The van der Waals surface area contributed by atoms with E-state index in [2.05, 4.69) is 5.32 Å². The molecule has 1 amide bonds. The van der Waals surface area contributed by atoms with Crippen molar-refractivity contribution in [1.82, 2.24) is 5.32 Å². The van der Waals surface area contributed by atoms with Crippen LogP contribution in [-0.2, 0) is 23.8 Å². The van der Waals surface area contributed by atoms with Gasteiger partial charge in [-0.25, -0.2) is 9.59 Å². The lowest BCUT2D eigenvalue weighted by Crippen LogP contribution is -2.47. The molecule has 21 heavy (non-hydrogen) atoms. The van der Waals surface area contributed by atoms with Gasteiger partial charge in [-0.05, 0) is 41.5 Å². The smallest absolute Gasteiger partial charge is 0.408 e. The maximum Gasteiger partial charge on any atom is 0.408 e. The van der Waals surface area contributed by atoms with Crippen molar-refractivity contribution in [2.45, 2.75) is 53.2 Å². The van der Waals surface area contributed by atoms with Crippen LogP contribution in [0, 0.1) is 5.41 Å². The Balaban J connectivity index is 4.71. The summed E-state index contributed by atoms with van der Waals surface area (Å²) in [6.45, 7) is 9.81. The molecule has 0 radical (unpaired) electrons. The molecule has 0 heterocycles. The Bertz CT molecular complexity index is 391. The van der Waals surface area contributed by atoms with Crippen LogP contribution < -0.4 is 5.32 Å². The molecule has 7 heteroatoms. The second-order valence-electron chi connectivity index (χ2n) is 6.61. The lowest BCUT2D eigenvalue weighted by Gasteiger charge is -2.23. The molecule has 1 N–H and O–H groups in total. The van der Waals surface area contributed by atoms with Crippen LogP contribution in [0.2, 0.25) is 0 Å². The van der Waals surface area contributed by atoms with Crippen LogP contribution >= 0.6 is 0 Å². The number of nitrogens with one attached hydrogen (secondary N) is 1. The van der Waals surface area contributed by atoms with Crippen molar-refractivity contribution in [2.24, 2.45) is 5.41 Å². The molecule has 0 bridgehead atoms. The Hall–Kier alpha value is -1.63. The van der Waals surface area contributed by atoms with Gasteiger partial charge >= 0.3 is 18.0 Å².